The van der Waals surface area contributed by atoms with Gasteiger partial charge < -0.3 is 14.6 Å². The van der Waals surface area contributed by atoms with Crippen LogP contribution in [0.2, 0.25) is 0 Å². The first-order chi connectivity index (χ1) is 8.40. The van der Waals surface area contributed by atoms with Crippen molar-refractivity contribution in [3.8, 4) is 11.5 Å². The van der Waals surface area contributed by atoms with Gasteiger partial charge >= 0.3 is 5.97 Å². The first-order valence-corrected chi connectivity index (χ1v) is 6.59. The van der Waals surface area contributed by atoms with Crippen LogP contribution in [-0.4, -0.2) is 31.5 Å². The Balaban J connectivity index is 2.22. The summed E-state index contributed by atoms with van der Waals surface area (Å²) in [6.07, 6.45) is 0. The number of sulfonamides is 1. The van der Waals surface area contributed by atoms with Gasteiger partial charge in [0.25, 0.3) is 0 Å². The molecule has 1 aliphatic rings. The molecular formula is C10H11NO6S. The van der Waals surface area contributed by atoms with Crippen LogP contribution in [0.3, 0.4) is 0 Å². The second-order valence-corrected chi connectivity index (χ2v) is 5.70. The Bertz CT molecular complexity index is 582. The van der Waals surface area contributed by atoms with Crippen LogP contribution >= 0.6 is 0 Å². The summed E-state index contributed by atoms with van der Waals surface area (Å²) in [4.78, 5) is 10.7. The van der Waals surface area contributed by atoms with Crippen molar-refractivity contribution in [2.24, 2.45) is 0 Å². The van der Waals surface area contributed by atoms with Gasteiger partial charge in [-0.2, -0.15) is 0 Å². The van der Waals surface area contributed by atoms with E-state index in [2.05, 4.69) is 4.72 Å². The number of fused-ring (bicyclic) bond motifs is 1. The molecule has 98 valence electrons. The lowest BCUT2D eigenvalue weighted by molar-refractivity contribution is -0.136. The van der Waals surface area contributed by atoms with Crippen molar-refractivity contribution in [1.82, 2.24) is 0 Å². The minimum atomic E-state index is -3.98. The molecule has 0 radical (unpaired) electrons. The van der Waals surface area contributed by atoms with E-state index in [-0.39, 0.29) is 12.5 Å². The molecule has 0 saturated heterocycles. The molecule has 1 aromatic carbocycles. The molecule has 1 aliphatic heterocycles. The molecule has 0 amide bonds. The molecule has 0 saturated carbocycles. The summed E-state index contributed by atoms with van der Waals surface area (Å²) in [5.74, 6) is -0.481. The van der Waals surface area contributed by atoms with E-state index in [4.69, 9.17) is 14.6 Å². The maximum Gasteiger partial charge on any atom is 0.323 e. The van der Waals surface area contributed by atoms with Crippen LogP contribution in [0, 0.1) is 0 Å². The monoisotopic (exact) mass is 273 g/mol. The van der Waals surface area contributed by atoms with Crippen molar-refractivity contribution in [2.75, 3.05) is 11.5 Å². The number of aliphatic carboxylic acids is 1. The molecule has 1 atom stereocenters. The second-order valence-electron chi connectivity index (χ2n) is 3.70. The molecule has 1 aromatic rings. The zero-order valence-electron chi connectivity index (χ0n) is 9.41. The molecule has 0 spiro atoms. The fraction of sp³-hybridized carbons (Fsp3) is 0.300. The summed E-state index contributed by atoms with van der Waals surface area (Å²) in [6, 6.07) is 4.46. The number of ether oxygens (including phenoxy) is 2. The zero-order chi connectivity index (χ0) is 13.3. The highest BCUT2D eigenvalue weighted by atomic mass is 32.2. The van der Waals surface area contributed by atoms with Gasteiger partial charge in [0.1, 0.15) is 0 Å². The number of anilines is 1. The number of rotatable bonds is 4. The quantitative estimate of drug-likeness (QED) is 0.834. The van der Waals surface area contributed by atoms with E-state index in [1.807, 2.05) is 0 Å². The third kappa shape index (κ3) is 2.33. The smallest absolute Gasteiger partial charge is 0.323 e. The van der Waals surface area contributed by atoms with Crippen LogP contribution in [0.15, 0.2) is 18.2 Å². The maximum absolute atomic E-state index is 11.7. The fourth-order valence-corrected chi connectivity index (χ4v) is 2.24. The van der Waals surface area contributed by atoms with Crippen LogP contribution in [0.5, 0.6) is 11.5 Å². The van der Waals surface area contributed by atoms with Gasteiger partial charge in [0, 0.05) is 6.07 Å². The first kappa shape index (κ1) is 12.5. The van der Waals surface area contributed by atoms with Crippen LogP contribution in [-0.2, 0) is 14.8 Å². The molecular weight excluding hydrogens is 262 g/mol. The molecule has 18 heavy (non-hydrogen) atoms. The lowest BCUT2D eigenvalue weighted by Crippen LogP contribution is -2.32. The predicted octanol–water partition coefficient (Wildman–Crippen LogP) is 0.630. The molecule has 0 aliphatic carbocycles. The van der Waals surface area contributed by atoms with E-state index in [1.165, 1.54) is 12.1 Å². The Morgan fingerprint density at radius 2 is 2.06 bits per heavy atom. The normalized spacial score (nSPS) is 15.2. The molecule has 0 fully saturated rings. The number of nitrogens with one attached hydrogen (secondary N) is 1. The third-order valence-electron chi connectivity index (χ3n) is 2.45. The summed E-state index contributed by atoms with van der Waals surface area (Å²) in [5.41, 5.74) is 0.229. The summed E-state index contributed by atoms with van der Waals surface area (Å²) in [6.45, 7) is 1.18. The van der Waals surface area contributed by atoms with E-state index in [1.54, 1.807) is 6.07 Å². The summed E-state index contributed by atoms with van der Waals surface area (Å²) < 4.78 is 35.7. The van der Waals surface area contributed by atoms with Crippen molar-refractivity contribution in [3.63, 3.8) is 0 Å². The van der Waals surface area contributed by atoms with E-state index < -0.39 is 21.2 Å². The molecule has 2 N–H and O–H groups in total. The van der Waals surface area contributed by atoms with Crippen molar-refractivity contribution >= 4 is 21.7 Å². The number of carbonyl (C=O) groups is 1. The highest BCUT2D eigenvalue weighted by Crippen LogP contribution is 2.34. The molecule has 0 bridgehead atoms. The van der Waals surface area contributed by atoms with Gasteiger partial charge in [-0.3, -0.25) is 9.52 Å². The number of benzene rings is 1. The van der Waals surface area contributed by atoms with Gasteiger partial charge in [0.05, 0.1) is 5.69 Å². The van der Waals surface area contributed by atoms with Crippen LogP contribution < -0.4 is 14.2 Å². The average molecular weight is 273 g/mol. The van der Waals surface area contributed by atoms with Gasteiger partial charge in [0.2, 0.25) is 16.8 Å². The van der Waals surface area contributed by atoms with E-state index in [0.29, 0.717) is 11.5 Å². The summed E-state index contributed by atoms with van der Waals surface area (Å²) in [7, 11) is -3.98. The highest BCUT2D eigenvalue weighted by Gasteiger charge is 2.28. The van der Waals surface area contributed by atoms with Crippen molar-refractivity contribution in [2.45, 2.75) is 12.2 Å². The van der Waals surface area contributed by atoms with Crippen LogP contribution in [0.4, 0.5) is 5.69 Å². The van der Waals surface area contributed by atoms with Gasteiger partial charge in [0.15, 0.2) is 16.7 Å². The van der Waals surface area contributed by atoms with Gasteiger partial charge in [-0.1, -0.05) is 0 Å². The van der Waals surface area contributed by atoms with Crippen molar-refractivity contribution < 1.29 is 27.8 Å². The van der Waals surface area contributed by atoms with Gasteiger partial charge in [-0.15, -0.1) is 0 Å². The van der Waals surface area contributed by atoms with E-state index >= 15 is 0 Å². The number of hydrogen-bond donors (Lipinski definition) is 2. The summed E-state index contributed by atoms with van der Waals surface area (Å²) >= 11 is 0. The van der Waals surface area contributed by atoms with E-state index in [9.17, 15) is 13.2 Å². The van der Waals surface area contributed by atoms with E-state index in [0.717, 1.165) is 6.92 Å². The standard InChI is InChI=1S/C10H11NO6S/c1-6(10(12)13)18(14,15)11-7-2-3-8-9(4-7)17-5-16-8/h2-4,6,11H,5H2,1H3,(H,12,13). The Morgan fingerprint density at radius 3 is 2.72 bits per heavy atom. The highest BCUT2D eigenvalue weighted by molar-refractivity contribution is 7.94. The third-order valence-corrected chi connectivity index (χ3v) is 4.10. The Labute approximate surface area is 103 Å². The minimum Gasteiger partial charge on any atom is -0.480 e. The Hall–Kier alpha value is -1.96. The predicted molar refractivity (Wildman–Crippen MR) is 62.2 cm³/mol. The molecule has 2 rings (SSSR count). The fourth-order valence-electron chi connectivity index (χ4n) is 1.35. The zero-order valence-corrected chi connectivity index (χ0v) is 10.2. The summed E-state index contributed by atoms with van der Waals surface area (Å²) in [5, 5.41) is 7.15. The number of carboxylic acids is 1. The topological polar surface area (TPSA) is 102 Å². The SMILES string of the molecule is CC(C(=O)O)S(=O)(=O)Nc1ccc2c(c1)OCO2. The Morgan fingerprint density at radius 1 is 1.39 bits per heavy atom. The molecule has 1 heterocycles. The second kappa shape index (κ2) is 4.37. The first-order valence-electron chi connectivity index (χ1n) is 5.04. The maximum atomic E-state index is 11.7. The number of carboxylic acid groups (broad SMARTS) is 1. The minimum absolute atomic E-state index is 0.0804. The lowest BCUT2D eigenvalue weighted by atomic mass is 10.3. The Kier molecular flexibility index (Phi) is 3.04. The van der Waals surface area contributed by atoms with Gasteiger partial charge in [-0.25, -0.2) is 8.42 Å². The number of hydrogen-bond acceptors (Lipinski definition) is 5. The van der Waals surface area contributed by atoms with Crippen LogP contribution in [0.1, 0.15) is 6.92 Å². The van der Waals surface area contributed by atoms with Crippen molar-refractivity contribution in [3.05, 3.63) is 18.2 Å². The van der Waals surface area contributed by atoms with Crippen LogP contribution in [0.25, 0.3) is 0 Å². The molecule has 8 heteroatoms. The molecule has 1 unspecified atom stereocenters. The molecule has 0 aromatic heterocycles. The van der Waals surface area contributed by atoms with Crippen molar-refractivity contribution in [1.29, 1.82) is 0 Å². The average Bonchev–Trinajstić information content (AvgIpc) is 2.74. The van der Waals surface area contributed by atoms with Gasteiger partial charge in [-0.05, 0) is 19.1 Å². The molecule has 7 nitrogen and oxygen atoms in total. The largest absolute Gasteiger partial charge is 0.480 e. The lowest BCUT2D eigenvalue weighted by Gasteiger charge is -2.11.